The number of halogens is 1. The molecule has 1 aromatic rings. The van der Waals surface area contributed by atoms with Crippen LogP contribution in [-0.4, -0.2) is 5.88 Å². The Kier molecular flexibility index (Phi) is 5.10. The van der Waals surface area contributed by atoms with Crippen molar-refractivity contribution in [2.75, 3.05) is 5.88 Å². The van der Waals surface area contributed by atoms with Gasteiger partial charge in [0.2, 0.25) is 0 Å². The molecule has 1 aromatic carbocycles. The highest BCUT2D eigenvalue weighted by atomic mass is 35.5. The van der Waals surface area contributed by atoms with E-state index in [1.807, 2.05) is 0 Å². The summed E-state index contributed by atoms with van der Waals surface area (Å²) in [6.07, 6.45) is 9.12. The molecule has 0 heterocycles. The molecular formula is C18H25Cl. The highest BCUT2D eigenvalue weighted by molar-refractivity contribution is 6.19. The van der Waals surface area contributed by atoms with Crippen molar-refractivity contribution in [1.29, 1.82) is 0 Å². The minimum atomic E-state index is 0.678. The molecule has 19 heavy (non-hydrogen) atoms. The van der Waals surface area contributed by atoms with Crippen LogP contribution < -0.4 is 0 Å². The topological polar surface area (TPSA) is 0 Å². The minimum Gasteiger partial charge on any atom is -0.122 e. The Morgan fingerprint density at radius 2 is 1.68 bits per heavy atom. The highest BCUT2D eigenvalue weighted by Gasteiger charge is 2.17. The van der Waals surface area contributed by atoms with Gasteiger partial charge in [-0.05, 0) is 61.8 Å². The van der Waals surface area contributed by atoms with Crippen LogP contribution in [0.4, 0.5) is 0 Å². The van der Waals surface area contributed by atoms with Gasteiger partial charge in [0.1, 0.15) is 0 Å². The third kappa shape index (κ3) is 3.63. The molecule has 104 valence electrons. The number of aryl methyl sites for hydroxylation is 3. The van der Waals surface area contributed by atoms with Gasteiger partial charge in [-0.2, -0.15) is 0 Å². The van der Waals surface area contributed by atoms with Crippen LogP contribution in [0.25, 0.3) is 6.08 Å². The fraction of sp³-hybridized carbons (Fsp3) is 0.556. The van der Waals surface area contributed by atoms with Gasteiger partial charge in [-0.15, -0.1) is 11.6 Å². The fourth-order valence-electron chi connectivity index (χ4n) is 3.08. The zero-order valence-electron chi connectivity index (χ0n) is 12.4. The smallest absolute Gasteiger partial charge is 0.0439 e. The maximum absolute atomic E-state index is 6.21. The summed E-state index contributed by atoms with van der Waals surface area (Å²) in [5.41, 5.74) is 6.90. The zero-order chi connectivity index (χ0) is 13.8. The van der Waals surface area contributed by atoms with Gasteiger partial charge in [-0.3, -0.25) is 0 Å². The lowest BCUT2D eigenvalue weighted by Crippen LogP contribution is -2.10. The van der Waals surface area contributed by atoms with Crippen LogP contribution in [0.1, 0.15) is 54.4 Å². The molecular weight excluding hydrogens is 252 g/mol. The van der Waals surface area contributed by atoms with Gasteiger partial charge >= 0.3 is 0 Å². The van der Waals surface area contributed by atoms with Crippen LogP contribution in [0.5, 0.6) is 0 Å². The number of rotatable bonds is 3. The van der Waals surface area contributed by atoms with Gasteiger partial charge in [0.15, 0.2) is 0 Å². The number of hydrogen-bond donors (Lipinski definition) is 0. The highest BCUT2D eigenvalue weighted by Crippen LogP contribution is 2.32. The molecule has 0 aliphatic heterocycles. The molecule has 0 N–H and O–H groups in total. The fourth-order valence-corrected chi connectivity index (χ4v) is 3.37. The third-order valence-corrected chi connectivity index (χ3v) is 4.82. The average Bonchev–Trinajstić information content (AvgIpc) is 2.42. The van der Waals surface area contributed by atoms with E-state index in [2.05, 4.69) is 39.0 Å². The second kappa shape index (κ2) is 6.61. The zero-order valence-corrected chi connectivity index (χ0v) is 13.2. The predicted octanol–water partition coefficient (Wildman–Crippen LogP) is 5.81. The first-order valence-electron chi connectivity index (χ1n) is 7.46. The maximum atomic E-state index is 6.21. The molecule has 0 atom stereocenters. The lowest BCUT2D eigenvalue weighted by molar-refractivity contribution is 0.405. The van der Waals surface area contributed by atoms with Crippen molar-refractivity contribution in [3.8, 4) is 0 Å². The third-order valence-electron chi connectivity index (χ3n) is 4.51. The summed E-state index contributed by atoms with van der Waals surface area (Å²) in [4.78, 5) is 0. The Hall–Kier alpha value is -0.750. The molecule has 1 aliphatic rings. The van der Waals surface area contributed by atoms with Crippen molar-refractivity contribution in [3.63, 3.8) is 0 Å². The van der Waals surface area contributed by atoms with Gasteiger partial charge in [0.25, 0.3) is 0 Å². The van der Waals surface area contributed by atoms with E-state index in [-0.39, 0.29) is 0 Å². The van der Waals surface area contributed by atoms with Gasteiger partial charge < -0.3 is 0 Å². The summed E-state index contributed by atoms with van der Waals surface area (Å²) in [5, 5.41) is 0. The van der Waals surface area contributed by atoms with E-state index in [9.17, 15) is 0 Å². The Morgan fingerprint density at radius 1 is 1.05 bits per heavy atom. The van der Waals surface area contributed by atoms with Gasteiger partial charge in [0, 0.05) is 5.88 Å². The molecule has 0 amide bonds. The molecule has 1 aliphatic carbocycles. The van der Waals surface area contributed by atoms with Gasteiger partial charge in [-0.25, -0.2) is 0 Å². The Labute approximate surface area is 122 Å². The maximum Gasteiger partial charge on any atom is 0.0439 e. The number of alkyl halides is 1. The van der Waals surface area contributed by atoms with E-state index in [1.54, 1.807) is 0 Å². The van der Waals surface area contributed by atoms with Crippen LogP contribution in [0.15, 0.2) is 17.7 Å². The van der Waals surface area contributed by atoms with Crippen LogP contribution in [0, 0.1) is 26.7 Å². The largest absolute Gasteiger partial charge is 0.122 e. The van der Waals surface area contributed by atoms with Crippen LogP contribution >= 0.6 is 11.6 Å². The summed E-state index contributed by atoms with van der Waals surface area (Å²) >= 11 is 6.21. The van der Waals surface area contributed by atoms with E-state index in [0.717, 1.165) is 0 Å². The van der Waals surface area contributed by atoms with Crippen LogP contribution in [0.3, 0.4) is 0 Å². The van der Waals surface area contributed by atoms with Crippen LogP contribution in [0.2, 0.25) is 0 Å². The van der Waals surface area contributed by atoms with Crippen molar-refractivity contribution < 1.29 is 0 Å². The lowest BCUT2D eigenvalue weighted by atomic mass is 9.83. The molecule has 0 bridgehead atoms. The monoisotopic (exact) mass is 276 g/mol. The molecule has 0 aromatic heterocycles. The van der Waals surface area contributed by atoms with Crippen molar-refractivity contribution >= 4 is 17.7 Å². The summed E-state index contributed by atoms with van der Waals surface area (Å²) in [5.74, 6) is 1.39. The molecule has 0 spiro atoms. The molecule has 2 rings (SSSR count). The standard InChI is InChI=1S/C18H25Cl/c1-13-9-15(3)17(10-14(13)2)11-18(12-19)16-7-5-4-6-8-16/h9-11,16H,4-8,12H2,1-3H3. The predicted molar refractivity (Wildman–Crippen MR) is 85.9 cm³/mol. The number of benzene rings is 1. The van der Waals surface area contributed by atoms with E-state index >= 15 is 0 Å². The Morgan fingerprint density at radius 3 is 2.32 bits per heavy atom. The Bertz CT molecular complexity index is 465. The minimum absolute atomic E-state index is 0.678. The summed E-state index contributed by atoms with van der Waals surface area (Å²) < 4.78 is 0. The first-order chi connectivity index (χ1) is 9.11. The summed E-state index contributed by atoms with van der Waals surface area (Å²) in [6, 6.07) is 4.59. The second-order valence-electron chi connectivity index (χ2n) is 5.98. The first-order valence-corrected chi connectivity index (χ1v) is 7.99. The van der Waals surface area contributed by atoms with Gasteiger partial charge in [-0.1, -0.05) is 43.0 Å². The number of hydrogen-bond acceptors (Lipinski definition) is 0. The van der Waals surface area contributed by atoms with E-state index in [1.165, 1.54) is 59.9 Å². The molecule has 0 saturated heterocycles. The van der Waals surface area contributed by atoms with E-state index in [0.29, 0.717) is 11.8 Å². The number of allylic oxidation sites excluding steroid dienone is 1. The van der Waals surface area contributed by atoms with Crippen molar-refractivity contribution in [2.45, 2.75) is 52.9 Å². The van der Waals surface area contributed by atoms with Gasteiger partial charge in [0.05, 0.1) is 0 Å². The summed E-state index contributed by atoms with van der Waals surface area (Å²) in [7, 11) is 0. The molecule has 1 fully saturated rings. The molecule has 1 saturated carbocycles. The molecule has 1 heteroatoms. The molecule has 0 radical (unpaired) electrons. The van der Waals surface area contributed by atoms with Crippen molar-refractivity contribution in [1.82, 2.24) is 0 Å². The van der Waals surface area contributed by atoms with Crippen molar-refractivity contribution in [3.05, 3.63) is 40.0 Å². The molecule has 0 unspecified atom stereocenters. The normalized spacial score (nSPS) is 17.8. The average molecular weight is 277 g/mol. The molecule has 0 nitrogen and oxygen atoms in total. The summed E-state index contributed by atoms with van der Waals surface area (Å²) in [6.45, 7) is 6.57. The van der Waals surface area contributed by atoms with E-state index in [4.69, 9.17) is 11.6 Å². The lowest BCUT2D eigenvalue weighted by Gasteiger charge is -2.23. The van der Waals surface area contributed by atoms with Crippen LogP contribution in [-0.2, 0) is 0 Å². The Balaban J connectivity index is 2.28. The van der Waals surface area contributed by atoms with E-state index < -0.39 is 0 Å². The quantitative estimate of drug-likeness (QED) is 0.611. The SMILES string of the molecule is Cc1cc(C)c(C=C(CCl)C2CCCCC2)cc1C. The van der Waals surface area contributed by atoms with Crippen molar-refractivity contribution in [2.24, 2.45) is 5.92 Å². The first kappa shape index (κ1) is 14.7. The second-order valence-corrected chi connectivity index (χ2v) is 6.25.